The van der Waals surface area contributed by atoms with Crippen molar-refractivity contribution in [3.05, 3.63) is 70.1 Å². The van der Waals surface area contributed by atoms with Gasteiger partial charge in [-0.15, -0.1) is 0 Å². The fourth-order valence-corrected chi connectivity index (χ4v) is 3.65. The average molecular weight is 448 g/mol. The third kappa shape index (κ3) is 4.69. The number of benzene rings is 2. The van der Waals surface area contributed by atoms with E-state index in [1.54, 1.807) is 19.9 Å². The molecule has 0 fully saturated rings. The van der Waals surface area contributed by atoms with Gasteiger partial charge in [-0.1, -0.05) is 22.8 Å². The second-order valence-corrected chi connectivity index (χ2v) is 9.02. The smallest absolute Gasteiger partial charge is 0.261 e. The van der Waals surface area contributed by atoms with Gasteiger partial charge >= 0.3 is 0 Å². The monoisotopic (exact) mass is 447 g/mol. The number of anilines is 2. The molecule has 30 heavy (non-hydrogen) atoms. The van der Waals surface area contributed by atoms with Crippen molar-refractivity contribution < 1.29 is 22.5 Å². The summed E-state index contributed by atoms with van der Waals surface area (Å²) in [5, 5.41) is 9.27. The maximum Gasteiger partial charge on any atom is 0.261 e. The number of hydrogen-bond acceptors (Lipinski definition) is 6. The zero-order chi connectivity index (χ0) is 22.1. The van der Waals surface area contributed by atoms with Crippen LogP contribution in [0.1, 0.15) is 32.2 Å². The van der Waals surface area contributed by atoms with Crippen LogP contribution in [0.25, 0.3) is 0 Å². The highest BCUT2D eigenvalue weighted by molar-refractivity contribution is 7.90. The van der Waals surface area contributed by atoms with Crippen LogP contribution in [0.5, 0.6) is 0 Å². The van der Waals surface area contributed by atoms with E-state index >= 15 is 0 Å². The van der Waals surface area contributed by atoms with Crippen molar-refractivity contribution in [1.82, 2.24) is 5.16 Å². The van der Waals surface area contributed by atoms with Gasteiger partial charge in [0.05, 0.1) is 21.3 Å². The van der Waals surface area contributed by atoms with E-state index in [1.165, 1.54) is 36.4 Å². The molecular formula is C20H18ClN3O5S. The molecule has 0 radical (unpaired) electrons. The van der Waals surface area contributed by atoms with Crippen LogP contribution >= 0.6 is 11.6 Å². The van der Waals surface area contributed by atoms with Crippen LogP contribution in [-0.4, -0.2) is 31.6 Å². The molecule has 2 amide bonds. The molecule has 3 aromatic rings. The molecule has 3 rings (SSSR count). The third-order valence-corrected chi connectivity index (χ3v) is 5.68. The average Bonchev–Trinajstić information content (AvgIpc) is 3.01. The Kier molecular flexibility index (Phi) is 5.95. The molecule has 8 nitrogen and oxygen atoms in total. The second kappa shape index (κ2) is 8.29. The summed E-state index contributed by atoms with van der Waals surface area (Å²) in [4.78, 5) is 24.9. The first-order valence-corrected chi connectivity index (χ1v) is 11.0. The van der Waals surface area contributed by atoms with E-state index < -0.39 is 21.7 Å². The number of halogens is 1. The lowest BCUT2D eigenvalue weighted by atomic mass is 10.2. The number of carbonyl (C=O) groups is 2. The van der Waals surface area contributed by atoms with E-state index in [-0.39, 0.29) is 15.5 Å². The first-order valence-electron chi connectivity index (χ1n) is 8.71. The lowest BCUT2D eigenvalue weighted by Gasteiger charge is -2.11. The molecule has 1 aromatic heterocycles. The summed E-state index contributed by atoms with van der Waals surface area (Å²) in [6.45, 7) is 3.30. The summed E-state index contributed by atoms with van der Waals surface area (Å²) in [5.74, 6) is -0.511. The number of hydrogen-bond donors (Lipinski definition) is 2. The number of carbonyl (C=O) groups excluding carboxylic acids is 2. The molecule has 156 valence electrons. The lowest BCUT2D eigenvalue weighted by molar-refractivity contribution is 0.101. The SMILES string of the molecule is Cc1noc(C)c1C(=O)Nc1ccc(NC(=O)c2cccc(S(C)(=O)=O)c2)c(Cl)c1. The van der Waals surface area contributed by atoms with Crippen LogP contribution in [-0.2, 0) is 9.84 Å². The van der Waals surface area contributed by atoms with Crippen molar-refractivity contribution in [2.24, 2.45) is 0 Å². The molecule has 2 aromatic carbocycles. The Morgan fingerprint density at radius 3 is 2.37 bits per heavy atom. The van der Waals surface area contributed by atoms with E-state index in [9.17, 15) is 18.0 Å². The molecule has 0 aliphatic heterocycles. The normalized spacial score (nSPS) is 11.2. The number of aryl methyl sites for hydroxylation is 2. The summed E-state index contributed by atoms with van der Waals surface area (Å²) in [7, 11) is -3.44. The molecule has 0 spiro atoms. The standard InChI is InChI=1S/C20H18ClN3O5S/c1-11-18(12(2)29-24-11)20(26)22-14-7-8-17(16(21)10-14)23-19(25)13-5-4-6-15(9-13)30(3,27)28/h4-10H,1-3H3,(H,22,26)(H,23,25). The molecule has 0 unspecified atom stereocenters. The van der Waals surface area contributed by atoms with Gasteiger partial charge in [0.1, 0.15) is 11.3 Å². The first kappa shape index (κ1) is 21.5. The van der Waals surface area contributed by atoms with Gasteiger partial charge in [-0.3, -0.25) is 9.59 Å². The Morgan fingerprint density at radius 1 is 1.03 bits per heavy atom. The third-order valence-electron chi connectivity index (χ3n) is 4.26. The summed E-state index contributed by atoms with van der Waals surface area (Å²) in [5.41, 5.74) is 1.71. The summed E-state index contributed by atoms with van der Waals surface area (Å²) >= 11 is 6.24. The summed E-state index contributed by atoms with van der Waals surface area (Å²) in [6, 6.07) is 10.3. The number of rotatable bonds is 5. The molecule has 0 bridgehead atoms. The maximum atomic E-state index is 12.5. The highest BCUT2D eigenvalue weighted by Gasteiger charge is 2.18. The topological polar surface area (TPSA) is 118 Å². The molecule has 10 heteroatoms. The largest absolute Gasteiger partial charge is 0.361 e. The minimum atomic E-state index is -3.44. The van der Waals surface area contributed by atoms with Gasteiger partial charge in [0, 0.05) is 17.5 Å². The van der Waals surface area contributed by atoms with Gasteiger partial charge in [-0.05, 0) is 50.2 Å². The second-order valence-electron chi connectivity index (χ2n) is 6.60. The molecule has 0 saturated heterocycles. The minimum absolute atomic E-state index is 0.0404. The van der Waals surface area contributed by atoms with E-state index in [0.29, 0.717) is 28.4 Å². The predicted molar refractivity (Wildman–Crippen MR) is 113 cm³/mol. The van der Waals surface area contributed by atoms with Crippen LogP contribution in [0.2, 0.25) is 5.02 Å². The molecule has 0 aliphatic rings. The Balaban J connectivity index is 1.76. The molecular weight excluding hydrogens is 430 g/mol. The predicted octanol–water partition coefficient (Wildman–Crippen LogP) is 3.85. The van der Waals surface area contributed by atoms with Crippen LogP contribution < -0.4 is 10.6 Å². The van der Waals surface area contributed by atoms with Gasteiger partial charge in [-0.2, -0.15) is 0 Å². The Hall–Kier alpha value is -3.17. The molecule has 0 saturated carbocycles. The number of nitrogens with one attached hydrogen (secondary N) is 2. The van der Waals surface area contributed by atoms with Crippen molar-refractivity contribution in [1.29, 1.82) is 0 Å². The van der Waals surface area contributed by atoms with E-state index in [4.69, 9.17) is 16.1 Å². The lowest BCUT2D eigenvalue weighted by Crippen LogP contribution is -2.15. The highest BCUT2D eigenvalue weighted by atomic mass is 35.5. The number of nitrogens with zero attached hydrogens (tertiary/aromatic N) is 1. The van der Waals surface area contributed by atoms with Crippen molar-refractivity contribution in [3.63, 3.8) is 0 Å². The van der Waals surface area contributed by atoms with Gasteiger partial charge in [0.25, 0.3) is 11.8 Å². The van der Waals surface area contributed by atoms with Crippen molar-refractivity contribution >= 4 is 44.6 Å². The molecule has 0 aliphatic carbocycles. The van der Waals surface area contributed by atoms with Crippen LogP contribution in [0, 0.1) is 13.8 Å². The van der Waals surface area contributed by atoms with Crippen LogP contribution in [0.3, 0.4) is 0 Å². The molecule has 1 heterocycles. The van der Waals surface area contributed by atoms with Gasteiger partial charge in [0.2, 0.25) is 0 Å². The van der Waals surface area contributed by atoms with E-state index in [1.807, 2.05) is 0 Å². The number of aromatic nitrogens is 1. The molecule has 2 N–H and O–H groups in total. The Bertz CT molecular complexity index is 1230. The van der Waals surface area contributed by atoms with E-state index in [0.717, 1.165) is 6.26 Å². The van der Waals surface area contributed by atoms with Gasteiger partial charge in [0.15, 0.2) is 9.84 Å². The van der Waals surface area contributed by atoms with Gasteiger partial charge in [-0.25, -0.2) is 8.42 Å². The van der Waals surface area contributed by atoms with Crippen molar-refractivity contribution in [2.45, 2.75) is 18.7 Å². The zero-order valence-corrected chi connectivity index (χ0v) is 17.9. The summed E-state index contributed by atoms with van der Waals surface area (Å²) < 4.78 is 28.3. The fourth-order valence-electron chi connectivity index (χ4n) is 2.76. The Morgan fingerprint density at radius 2 is 1.77 bits per heavy atom. The quantitative estimate of drug-likeness (QED) is 0.613. The van der Waals surface area contributed by atoms with Crippen LogP contribution in [0.4, 0.5) is 11.4 Å². The van der Waals surface area contributed by atoms with Crippen molar-refractivity contribution in [2.75, 3.05) is 16.9 Å². The fraction of sp³-hybridized carbons (Fsp3) is 0.150. The maximum absolute atomic E-state index is 12.5. The number of sulfone groups is 1. The zero-order valence-electron chi connectivity index (χ0n) is 16.3. The minimum Gasteiger partial charge on any atom is -0.361 e. The van der Waals surface area contributed by atoms with E-state index in [2.05, 4.69) is 15.8 Å². The first-order chi connectivity index (χ1) is 14.1. The Labute approximate surface area is 178 Å². The number of amides is 2. The molecule has 0 atom stereocenters. The van der Waals surface area contributed by atoms with Crippen LogP contribution in [0.15, 0.2) is 51.9 Å². The van der Waals surface area contributed by atoms with Gasteiger partial charge < -0.3 is 15.2 Å². The summed E-state index contributed by atoms with van der Waals surface area (Å²) in [6.07, 6.45) is 1.07. The highest BCUT2D eigenvalue weighted by Crippen LogP contribution is 2.27. The van der Waals surface area contributed by atoms with Crippen molar-refractivity contribution in [3.8, 4) is 0 Å².